The summed E-state index contributed by atoms with van der Waals surface area (Å²) in [5, 5.41) is 1.19. The Morgan fingerprint density at radius 1 is 0.154 bits per heavy atom. The molecule has 0 rings (SSSR count). The predicted molar refractivity (Wildman–Crippen MR) is 246 cm³/mol. The van der Waals surface area contributed by atoms with Gasteiger partial charge in [0.25, 0.3) is 0 Å². The maximum atomic E-state index is 3.53. The van der Waals surface area contributed by atoms with E-state index < -0.39 is 0 Å². The summed E-state index contributed by atoms with van der Waals surface area (Å²) in [6.07, 6.45) is 72.7. The van der Waals surface area contributed by atoms with Crippen LogP contribution in [-0.2, 0) is 0 Å². The lowest BCUT2D eigenvalue weighted by atomic mass is 10.0. The Labute approximate surface area is 341 Å². The summed E-state index contributed by atoms with van der Waals surface area (Å²) >= 11 is 3.53. The van der Waals surface area contributed by atoms with Gasteiger partial charge in [0, 0.05) is 5.33 Å². The zero-order chi connectivity index (χ0) is 37.4. The molecular formula is C51H103Br. The molecule has 0 aromatic carbocycles. The number of unbranched alkanes of at least 4 members (excludes halogenated alkanes) is 48. The minimum absolute atomic E-state index is 1.19. The van der Waals surface area contributed by atoms with Crippen molar-refractivity contribution in [3.05, 3.63) is 0 Å². The molecule has 1 heteroatoms. The van der Waals surface area contributed by atoms with E-state index in [1.807, 2.05) is 0 Å². The van der Waals surface area contributed by atoms with Crippen LogP contribution in [0.15, 0.2) is 0 Å². The molecule has 0 atom stereocenters. The summed E-state index contributed by atoms with van der Waals surface area (Å²) in [5.74, 6) is 0. The van der Waals surface area contributed by atoms with Gasteiger partial charge in [0.05, 0.1) is 0 Å². The first kappa shape index (κ1) is 52.5. The molecule has 0 nitrogen and oxygen atoms in total. The quantitative estimate of drug-likeness (QED) is 0.0425. The Kier molecular flexibility index (Phi) is 52.0. The van der Waals surface area contributed by atoms with E-state index in [1.54, 1.807) is 0 Å². The summed E-state index contributed by atoms with van der Waals surface area (Å²) in [4.78, 5) is 0. The number of alkyl halides is 1. The molecule has 0 saturated carbocycles. The van der Waals surface area contributed by atoms with Crippen molar-refractivity contribution >= 4 is 15.9 Å². The number of halogens is 1. The van der Waals surface area contributed by atoms with Crippen LogP contribution in [0.25, 0.3) is 0 Å². The lowest BCUT2D eigenvalue weighted by Crippen LogP contribution is -1.85. The molecule has 0 bridgehead atoms. The number of hydrogen-bond donors (Lipinski definition) is 0. The van der Waals surface area contributed by atoms with Crippen molar-refractivity contribution in [3.8, 4) is 0 Å². The lowest BCUT2D eigenvalue weighted by molar-refractivity contribution is 0.508. The molecule has 52 heavy (non-hydrogen) atoms. The van der Waals surface area contributed by atoms with Crippen LogP contribution in [0.1, 0.15) is 322 Å². The molecule has 0 fully saturated rings. The standard InChI is InChI=1S/C51H103Br/c1-2-3-4-5-6-7-8-9-10-11-12-13-14-15-16-17-18-19-20-21-22-23-24-25-26-27-28-29-30-31-32-33-34-35-36-37-38-39-40-41-42-43-44-45-46-47-48-49-50-51-52/h2-51H2,1H3. The number of hydrogen-bond acceptors (Lipinski definition) is 0. The van der Waals surface area contributed by atoms with E-state index in [0.717, 1.165) is 0 Å². The fourth-order valence-corrected chi connectivity index (χ4v) is 8.87. The third-order valence-electron chi connectivity index (χ3n) is 12.2. The van der Waals surface area contributed by atoms with Gasteiger partial charge in [-0.05, 0) is 6.42 Å². The average molecular weight is 796 g/mol. The normalized spacial score (nSPS) is 11.7. The van der Waals surface area contributed by atoms with Gasteiger partial charge >= 0.3 is 0 Å². The largest absolute Gasteiger partial charge is 0.0928 e. The maximum Gasteiger partial charge on any atom is 0.00313 e. The van der Waals surface area contributed by atoms with E-state index in [1.165, 1.54) is 320 Å². The molecule has 0 aliphatic heterocycles. The third-order valence-corrected chi connectivity index (χ3v) is 12.8. The molecule has 0 aliphatic rings. The van der Waals surface area contributed by atoms with Crippen LogP contribution in [-0.4, -0.2) is 5.33 Å². The van der Waals surface area contributed by atoms with Gasteiger partial charge in [0.2, 0.25) is 0 Å². The van der Waals surface area contributed by atoms with Crippen LogP contribution < -0.4 is 0 Å². The molecule has 0 aliphatic carbocycles. The Hall–Kier alpha value is 0.480. The minimum Gasteiger partial charge on any atom is -0.0928 e. The second-order valence-corrected chi connectivity index (χ2v) is 18.5. The van der Waals surface area contributed by atoms with Crippen molar-refractivity contribution in [2.75, 3.05) is 5.33 Å². The monoisotopic (exact) mass is 795 g/mol. The zero-order valence-corrected chi connectivity index (χ0v) is 38.3. The van der Waals surface area contributed by atoms with Gasteiger partial charge in [0.1, 0.15) is 0 Å². The van der Waals surface area contributed by atoms with Crippen molar-refractivity contribution in [1.29, 1.82) is 0 Å². The highest BCUT2D eigenvalue weighted by Gasteiger charge is 1.99. The van der Waals surface area contributed by atoms with Crippen LogP contribution in [0, 0.1) is 0 Å². The van der Waals surface area contributed by atoms with Crippen LogP contribution in [0.4, 0.5) is 0 Å². The SMILES string of the molecule is CCCCCCCCCCCCCCCCCCCCCCCCCCCCCCCCCCCCCCCCCCCCCCCCCCCBr. The first-order valence-corrected chi connectivity index (χ1v) is 26.6. The zero-order valence-electron chi connectivity index (χ0n) is 36.7. The molecule has 0 radical (unpaired) electrons. The lowest BCUT2D eigenvalue weighted by Gasteiger charge is -2.05. The summed E-state index contributed by atoms with van der Waals surface area (Å²) < 4.78 is 0. The van der Waals surface area contributed by atoms with Gasteiger partial charge < -0.3 is 0 Å². The van der Waals surface area contributed by atoms with Gasteiger partial charge in [-0.1, -0.05) is 331 Å². The van der Waals surface area contributed by atoms with E-state index in [-0.39, 0.29) is 0 Å². The van der Waals surface area contributed by atoms with Crippen molar-refractivity contribution in [2.45, 2.75) is 322 Å². The van der Waals surface area contributed by atoms with E-state index in [0.29, 0.717) is 0 Å². The molecule has 0 aromatic heterocycles. The Balaban J connectivity index is 3.04. The van der Waals surface area contributed by atoms with Crippen LogP contribution >= 0.6 is 15.9 Å². The fraction of sp³-hybridized carbons (Fsp3) is 1.00. The van der Waals surface area contributed by atoms with Gasteiger partial charge in [0.15, 0.2) is 0 Å². The molecule has 0 N–H and O–H groups in total. The summed E-state index contributed by atoms with van der Waals surface area (Å²) in [6, 6.07) is 0. The van der Waals surface area contributed by atoms with Crippen LogP contribution in [0.3, 0.4) is 0 Å². The van der Waals surface area contributed by atoms with Crippen molar-refractivity contribution in [3.63, 3.8) is 0 Å². The van der Waals surface area contributed by atoms with E-state index in [9.17, 15) is 0 Å². The number of rotatable bonds is 49. The van der Waals surface area contributed by atoms with Gasteiger partial charge in [-0.15, -0.1) is 0 Å². The summed E-state index contributed by atoms with van der Waals surface area (Å²) in [7, 11) is 0. The molecule has 0 saturated heterocycles. The van der Waals surface area contributed by atoms with Gasteiger partial charge in [-0.2, -0.15) is 0 Å². The topological polar surface area (TPSA) is 0 Å². The van der Waals surface area contributed by atoms with Gasteiger partial charge in [-0.3, -0.25) is 0 Å². The molecule has 314 valence electrons. The second-order valence-electron chi connectivity index (χ2n) is 17.7. The van der Waals surface area contributed by atoms with E-state index in [2.05, 4.69) is 22.9 Å². The minimum atomic E-state index is 1.19. The van der Waals surface area contributed by atoms with Crippen molar-refractivity contribution < 1.29 is 0 Å². The first-order chi connectivity index (χ1) is 25.9. The highest BCUT2D eigenvalue weighted by atomic mass is 79.9. The van der Waals surface area contributed by atoms with Crippen molar-refractivity contribution in [1.82, 2.24) is 0 Å². The fourth-order valence-electron chi connectivity index (χ4n) is 8.48. The van der Waals surface area contributed by atoms with E-state index >= 15 is 0 Å². The van der Waals surface area contributed by atoms with Crippen LogP contribution in [0.5, 0.6) is 0 Å². The van der Waals surface area contributed by atoms with Crippen molar-refractivity contribution in [2.24, 2.45) is 0 Å². The van der Waals surface area contributed by atoms with E-state index in [4.69, 9.17) is 0 Å². The Morgan fingerprint density at radius 3 is 0.346 bits per heavy atom. The predicted octanol–water partition coefficient (Wildman–Crippen LogP) is 20.5. The molecule has 0 amide bonds. The first-order valence-electron chi connectivity index (χ1n) is 25.5. The average Bonchev–Trinajstić information content (AvgIpc) is 3.16. The smallest absolute Gasteiger partial charge is 0.00313 e. The van der Waals surface area contributed by atoms with Crippen LogP contribution in [0.2, 0.25) is 0 Å². The molecule has 0 heterocycles. The molecule has 0 unspecified atom stereocenters. The maximum absolute atomic E-state index is 3.53. The molecule has 0 spiro atoms. The van der Waals surface area contributed by atoms with Gasteiger partial charge in [-0.25, -0.2) is 0 Å². The molecule has 0 aromatic rings. The molecular weight excluding hydrogens is 692 g/mol. The third kappa shape index (κ3) is 50.5. The highest BCUT2D eigenvalue weighted by molar-refractivity contribution is 9.09. The summed E-state index contributed by atoms with van der Waals surface area (Å²) in [6.45, 7) is 2.31. The summed E-state index contributed by atoms with van der Waals surface area (Å²) in [5.41, 5.74) is 0. The highest BCUT2D eigenvalue weighted by Crippen LogP contribution is 2.18. The Bertz CT molecular complexity index is 522. The second kappa shape index (κ2) is 51.5. The Morgan fingerprint density at radius 2 is 0.250 bits per heavy atom.